The van der Waals surface area contributed by atoms with E-state index < -0.39 is 0 Å². The Kier molecular flexibility index (Phi) is 5.92. The fourth-order valence-electron chi connectivity index (χ4n) is 2.53. The minimum Gasteiger partial charge on any atom is -0.384 e. The van der Waals surface area contributed by atoms with Gasteiger partial charge in [0.2, 0.25) is 5.91 Å². The number of nitrogens with zero attached hydrogens (tertiary/aromatic N) is 1. The molecule has 0 aromatic carbocycles. The molecule has 100 valence electrons. The minimum absolute atomic E-state index is 0.0312. The highest BCUT2D eigenvalue weighted by molar-refractivity contribution is 5.79. The Morgan fingerprint density at radius 3 is 2.76 bits per heavy atom. The van der Waals surface area contributed by atoms with Crippen LogP contribution >= 0.6 is 0 Å². The third kappa shape index (κ3) is 3.96. The van der Waals surface area contributed by atoms with Crippen molar-refractivity contribution in [1.82, 2.24) is 4.90 Å². The van der Waals surface area contributed by atoms with Crippen molar-refractivity contribution in [2.45, 2.75) is 26.7 Å². The second kappa shape index (κ2) is 6.97. The Bertz CT molecular complexity index is 242. The predicted octanol–water partition coefficient (Wildman–Crippen LogP) is 1.10. The number of carbonyl (C=O) groups excluding carboxylic acids is 1. The molecule has 1 aliphatic heterocycles. The van der Waals surface area contributed by atoms with Crippen LogP contribution in [-0.2, 0) is 9.53 Å². The van der Waals surface area contributed by atoms with Crippen LogP contribution in [0.1, 0.15) is 26.7 Å². The molecule has 0 spiro atoms. The summed E-state index contributed by atoms with van der Waals surface area (Å²) in [5, 5.41) is 0. The Hall–Kier alpha value is -0.610. The average Bonchev–Trinajstić information content (AvgIpc) is 2.30. The number of amides is 1. The molecule has 4 nitrogen and oxygen atoms in total. The van der Waals surface area contributed by atoms with E-state index in [9.17, 15) is 4.79 Å². The van der Waals surface area contributed by atoms with Crippen LogP contribution in [0.2, 0.25) is 0 Å². The van der Waals surface area contributed by atoms with E-state index in [4.69, 9.17) is 10.5 Å². The Morgan fingerprint density at radius 1 is 1.53 bits per heavy atom. The molecule has 1 amide bonds. The first kappa shape index (κ1) is 14.5. The molecule has 0 aromatic heterocycles. The molecule has 1 aliphatic rings. The second-order valence-electron chi connectivity index (χ2n) is 5.33. The van der Waals surface area contributed by atoms with Crippen LogP contribution in [-0.4, -0.2) is 44.2 Å². The van der Waals surface area contributed by atoms with Crippen molar-refractivity contribution in [3.05, 3.63) is 0 Å². The normalized spacial score (nSPS) is 22.9. The number of methoxy groups -OCH3 is 1. The van der Waals surface area contributed by atoms with E-state index >= 15 is 0 Å². The molecule has 0 aliphatic carbocycles. The smallest absolute Gasteiger partial charge is 0.227 e. The molecule has 2 unspecified atom stereocenters. The molecule has 0 aromatic rings. The van der Waals surface area contributed by atoms with E-state index in [1.165, 1.54) is 0 Å². The van der Waals surface area contributed by atoms with E-state index in [1.54, 1.807) is 7.11 Å². The highest BCUT2D eigenvalue weighted by atomic mass is 16.5. The highest BCUT2D eigenvalue weighted by Crippen LogP contribution is 2.20. The van der Waals surface area contributed by atoms with Gasteiger partial charge in [-0.05, 0) is 24.7 Å². The van der Waals surface area contributed by atoms with Crippen molar-refractivity contribution in [2.75, 3.05) is 33.4 Å². The maximum absolute atomic E-state index is 12.3. The van der Waals surface area contributed by atoms with Gasteiger partial charge in [0.05, 0.1) is 12.5 Å². The average molecular weight is 242 g/mol. The Balaban J connectivity index is 2.56. The zero-order chi connectivity index (χ0) is 12.8. The van der Waals surface area contributed by atoms with Crippen LogP contribution in [0.15, 0.2) is 0 Å². The van der Waals surface area contributed by atoms with Gasteiger partial charge in [0, 0.05) is 26.7 Å². The van der Waals surface area contributed by atoms with Crippen LogP contribution in [0.5, 0.6) is 0 Å². The van der Waals surface area contributed by atoms with E-state index in [0.29, 0.717) is 18.4 Å². The molecule has 0 bridgehead atoms. The summed E-state index contributed by atoms with van der Waals surface area (Å²) in [5.74, 6) is 0.998. The SMILES string of the molecule is COCC1CCCN(C(=O)C(CN)C(C)C)C1. The molecule has 0 radical (unpaired) electrons. The van der Waals surface area contributed by atoms with Gasteiger partial charge < -0.3 is 15.4 Å². The quantitative estimate of drug-likeness (QED) is 0.785. The summed E-state index contributed by atoms with van der Waals surface area (Å²) >= 11 is 0. The number of nitrogens with two attached hydrogens (primary N) is 1. The lowest BCUT2D eigenvalue weighted by Crippen LogP contribution is -2.46. The molecule has 4 heteroatoms. The first-order valence-electron chi connectivity index (χ1n) is 6.58. The van der Waals surface area contributed by atoms with E-state index in [0.717, 1.165) is 32.5 Å². The lowest BCUT2D eigenvalue weighted by molar-refractivity contribution is -0.138. The number of ether oxygens (including phenoxy) is 1. The maximum atomic E-state index is 12.3. The van der Waals surface area contributed by atoms with Gasteiger partial charge in [-0.3, -0.25) is 4.79 Å². The van der Waals surface area contributed by atoms with Crippen molar-refractivity contribution in [1.29, 1.82) is 0 Å². The summed E-state index contributed by atoms with van der Waals surface area (Å²) in [6, 6.07) is 0. The Labute approximate surface area is 104 Å². The molecule has 0 saturated carbocycles. The van der Waals surface area contributed by atoms with E-state index in [-0.39, 0.29) is 11.8 Å². The van der Waals surface area contributed by atoms with Crippen molar-refractivity contribution < 1.29 is 9.53 Å². The molecule has 1 saturated heterocycles. The monoisotopic (exact) mass is 242 g/mol. The summed E-state index contributed by atoms with van der Waals surface area (Å²) in [4.78, 5) is 14.3. The van der Waals surface area contributed by atoms with Gasteiger partial charge >= 0.3 is 0 Å². The van der Waals surface area contributed by atoms with Gasteiger partial charge in [-0.25, -0.2) is 0 Å². The van der Waals surface area contributed by atoms with Crippen LogP contribution in [0, 0.1) is 17.8 Å². The molecular formula is C13H26N2O2. The fraction of sp³-hybridized carbons (Fsp3) is 0.923. The molecule has 2 atom stereocenters. The fourth-order valence-corrected chi connectivity index (χ4v) is 2.53. The highest BCUT2D eigenvalue weighted by Gasteiger charge is 2.29. The van der Waals surface area contributed by atoms with Crippen molar-refractivity contribution in [2.24, 2.45) is 23.5 Å². The molecular weight excluding hydrogens is 216 g/mol. The summed E-state index contributed by atoms with van der Waals surface area (Å²) in [6.45, 7) is 7.02. The number of hydrogen-bond acceptors (Lipinski definition) is 3. The summed E-state index contributed by atoms with van der Waals surface area (Å²) in [7, 11) is 1.72. The topological polar surface area (TPSA) is 55.6 Å². The van der Waals surface area contributed by atoms with Crippen LogP contribution in [0.3, 0.4) is 0 Å². The summed E-state index contributed by atoms with van der Waals surface area (Å²) in [6.07, 6.45) is 2.24. The van der Waals surface area contributed by atoms with Crippen molar-refractivity contribution >= 4 is 5.91 Å². The van der Waals surface area contributed by atoms with Crippen LogP contribution in [0.4, 0.5) is 0 Å². The van der Waals surface area contributed by atoms with Crippen LogP contribution < -0.4 is 5.73 Å². The van der Waals surface area contributed by atoms with Crippen molar-refractivity contribution in [3.8, 4) is 0 Å². The predicted molar refractivity (Wildman–Crippen MR) is 68.6 cm³/mol. The molecule has 1 fully saturated rings. The summed E-state index contributed by atoms with van der Waals surface area (Å²) < 4.78 is 5.18. The molecule has 1 heterocycles. The van der Waals surface area contributed by atoms with Gasteiger partial charge in [0.15, 0.2) is 0 Å². The minimum atomic E-state index is -0.0312. The van der Waals surface area contributed by atoms with Gasteiger partial charge in [-0.2, -0.15) is 0 Å². The molecule has 1 rings (SSSR count). The van der Waals surface area contributed by atoms with Gasteiger partial charge in [0.1, 0.15) is 0 Å². The Morgan fingerprint density at radius 2 is 2.24 bits per heavy atom. The third-order valence-corrected chi connectivity index (χ3v) is 3.61. The van der Waals surface area contributed by atoms with Gasteiger partial charge in [0.25, 0.3) is 0 Å². The third-order valence-electron chi connectivity index (χ3n) is 3.61. The van der Waals surface area contributed by atoms with Crippen LogP contribution in [0.25, 0.3) is 0 Å². The van der Waals surface area contributed by atoms with Crippen molar-refractivity contribution in [3.63, 3.8) is 0 Å². The van der Waals surface area contributed by atoms with Gasteiger partial charge in [-0.15, -0.1) is 0 Å². The first-order valence-corrected chi connectivity index (χ1v) is 6.58. The largest absolute Gasteiger partial charge is 0.384 e. The lowest BCUT2D eigenvalue weighted by atomic mass is 9.92. The number of rotatable bonds is 5. The molecule has 2 N–H and O–H groups in total. The summed E-state index contributed by atoms with van der Waals surface area (Å²) in [5.41, 5.74) is 5.70. The standard InChI is InChI=1S/C13H26N2O2/c1-10(2)12(7-14)13(16)15-6-4-5-11(8-15)9-17-3/h10-12H,4-9,14H2,1-3H3. The van der Waals surface area contributed by atoms with E-state index in [2.05, 4.69) is 13.8 Å². The second-order valence-corrected chi connectivity index (χ2v) is 5.33. The van der Waals surface area contributed by atoms with E-state index in [1.807, 2.05) is 4.90 Å². The lowest BCUT2D eigenvalue weighted by Gasteiger charge is -2.35. The zero-order valence-electron chi connectivity index (χ0n) is 11.3. The van der Waals surface area contributed by atoms with Gasteiger partial charge in [-0.1, -0.05) is 13.8 Å². The molecule has 17 heavy (non-hydrogen) atoms. The first-order chi connectivity index (χ1) is 8.10. The number of carbonyl (C=O) groups is 1. The maximum Gasteiger partial charge on any atom is 0.227 e. The number of likely N-dealkylation sites (tertiary alicyclic amines) is 1. The number of hydrogen-bond donors (Lipinski definition) is 1. The number of piperidine rings is 1. The zero-order valence-corrected chi connectivity index (χ0v) is 11.3.